The van der Waals surface area contributed by atoms with Crippen molar-refractivity contribution in [3.8, 4) is 0 Å². The van der Waals surface area contributed by atoms with Crippen LogP contribution in [0.15, 0.2) is 30.5 Å². The first-order chi connectivity index (χ1) is 6.27. The second kappa shape index (κ2) is 3.18. The number of benzene rings is 1. The third-order valence-electron chi connectivity index (χ3n) is 2.09. The average molecular weight is 178 g/mol. The fraction of sp³-hybridized carbons (Fsp3) is 0.200. The predicted octanol–water partition coefficient (Wildman–Crippen LogP) is 1.96. The molecule has 0 saturated carbocycles. The molecule has 1 aromatic carbocycles. The van der Waals surface area contributed by atoms with Crippen molar-refractivity contribution >= 4 is 10.9 Å². The molecule has 1 heterocycles. The summed E-state index contributed by atoms with van der Waals surface area (Å²) in [4.78, 5) is 3.07. The van der Waals surface area contributed by atoms with Crippen LogP contribution in [-0.2, 0) is 6.42 Å². The van der Waals surface area contributed by atoms with Gasteiger partial charge >= 0.3 is 0 Å². The molecule has 0 radical (unpaired) electrons. The summed E-state index contributed by atoms with van der Waals surface area (Å²) in [5.74, 6) is 0. The predicted molar refractivity (Wildman–Crippen MR) is 51.1 cm³/mol. The molecule has 0 spiro atoms. The molecule has 3 N–H and O–H groups in total. The first-order valence-corrected chi connectivity index (χ1v) is 4.22. The summed E-state index contributed by atoms with van der Waals surface area (Å²) in [6.45, 7) is 0. The average Bonchev–Trinajstić information content (AvgIpc) is 2.48. The van der Waals surface area contributed by atoms with Crippen molar-refractivity contribution in [2.24, 2.45) is 5.73 Å². The molecule has 3 heteroatoms. The molecular weight excluding hydrogens is 167 g/mol. The van der Waals surface area contributed by atoms with Gasteiger partial charge in [-0.15, -0.1) is 0 Å². The Balaban J connectivity index is 2.46. The summed E-state index contributed by atoms with van der Waals surface area (Å²) in [6, 6.07) is 7.80. The van der Waals surface area contributed by atoms with Crippen molar-refractivity contribution < 1.29 is 4.39 Å². The number of halogens is 1. The smallest absolute Gasteiger partial charge is 0.152 e. The number of para-hydroxylation sites is 1. The Morgan fingerprint density at radius 3 is 2.92 bits per heavy atom. The Kier molecular flexibility index (Phi) is 2.02. The summed E-state index contributed by atoms with van der Waals surface area (Å²) in [6.07, 6.45) is 0.799. The Labute approximate surface area is 75.6 Å². The Hall–Kier alpha value is -1.35. The Morgan fingerprint density at radius 2 is 2.15 bits per heavy atom. The van der Waals surface area contributed by atoms with Gasteiger partial charge in [-0.3, -0.25) is 0 Å². The number of hydrogen-bond donors (Lipinski definition) is 2. The highest BCUT2D eigenvalue weighted by atomic mass is 19.1. The van der Waals surface area contributed by atoms with Gasteiger partial charge < -0.3 is 10.7 Å². The van der Waals surface area contributed by atoms with Crippen molar-refractivity contribution in [1.82, 2.24) is 4.98 Å². The van der Waals surface area contributed by atoms with Crippen LogP contribution >= 0.6 is 0 Å². The molecule has 0 fully saturated rings. The van der Waals surface area contributed by atoms with E-state index in [1.165, 1.54) is 0 Å². The van der Waals surface area contributed by atoms with Crippen LogP contribution in [0.25, 0.3) is 10.9 Å². The number of alkyl halides is 1. The molecule has 1 aromatic heterocycles. The van der Waals surface area contributed by atoms with Crippen LogP contribution in [0.2, 0.25) is 0 Å². The number of H-pyrrole nitrogens is 1. The lowest BCUT2D eigenvalue weighted by Gasteiger charge is -1.99. The molecule has 0 amide bonds. The van der Waals surface area contributed by atoms with Crippen molar-refractivity contribution in [3.63, 3.8) is 0 Å². The normalized spacial score (nSPS) is 13.4. The Morgan fingerprint density at radius 1 is 1.38 bits per heavy atom. The maximum absolute atomic E-state index is 12.6. The van der Waals surface area contributed by atoms with Gasteiger partial charge in [0.1, 0.15) is 0 Å². The first-order valence-electron chi connectivity index (χ1n) is 4.22. The van der Waals surface area contributed by atoms with Gasteiger partial charge in [0.15, 0.2) is 6.30 Å². The number of nitrogens with two attached hydrogens (primary N) is 1. The van der Waals surface area contributed by atoms with E-state index < -0.39 is 6.30 Å². The number of fused-ring (bicyclic) bond motifs is 1. The van der Waals surface area contributed by atoms with E-state index >= 15 is 0 Å². The zero-order chi connectivity index (χ0) is 9.26. The molecule has 0 saturated heterocycles. The number of nitrogens with one attached hydrogen (secondary N) is 1. The standard InChI is InChI=1S/C10H11FN2/c11-10(12)5-7-6-13-9-4-2-1-3-8(7)9/h1-4,6,10,13H,5,12H2. The highest BCUT2D eigenvalue weighted by Gasteiger charge is 2.06. The van der Waals surface area contributed by atoms with Gasteiger partial charge in [-0.25, -0.2) is 4.39 Å². The van der Waals surface area contributed by atoms with E-state index in [1.807, 2.05) is 30.5 Å². The Bertz CT molecular complexity index is 406. The van der Waals surface area contributed by atoms with Gasteiger partial charge in [-0.05, 0) is 11.6 Å². The third kappa shape index (κ3) is 1.55. The van der Waals surface area contributed by atoms with Gasteiger partial charge in [0.2, 0.25) is 0 Å². The highest BCUT2D eigenvalue weighted by molar-refractivity contribution is 5.83. The molecule has 0 bridgehead atoms. The molecule has 13 heavy (non-hydrogen) atoms. The van der Waals surface area contributed by atoms with Crippen molar-refractivity contribution in [2.75, 3.05) is 0 Å². The molecule has 0 aliphatic rings. The molecule has 0 aliphatic carbocycles. The first kappa shape index (κ1) is 8.26. The number of aromatic nitrogens is 1. The van der Waals surface area contributed by atoms with Gasteiger partial charge in [0, 0.05) is 23.5 Å². The van der Waals surface area contributed by atoms with E-state index in [-0.39, 0.29) is 6.42 Å². The minimum Gasteiger partial charge on any atom is -0.361 e. The van der Waals surface area contributed by atoms with E-state index in [1.54, 1.807) is 0 Å². The second-order valence-corrected chi connectivity index (χ2v) is 3.08. The minimum atomic E-state index is -1.28. The van der Waals surface area contributed by atoms with Gasteiger partial charge in [-0.2, -0.15) is 0 Å². The zero-order valence-corrected chi connectivity index (χ0v) is 7.13. The van der Waals surface area contributed by atoms with Gasteiger partial charge in [-0.1, -0.05) is 18.2 Å². The lowest BCUT2D eigenvalue weighted by Crippen LogP contribution is -2.15. The zero-order valence-electron chi connectivity index (χ0n) is 7.13. The fourth-order valence-corrected chi connectivity index (χ4v) is 1.51. The molecule has 68 valence electrons. The minimum absolute atomic E-state index is 0.268. The van der Waals surface area contributed by atoms with Gasteiger partial charge in [0.25, 0.3) is 0 Å². The topological polar surface area (TPSA) is 41.8 Å². The lowest BCUT2D eigenvalue weighted by atomic mass is 10.1. The van der Waals surface area contributed by atoms with Crippen LogP contribution in [0.3, 0.4) is 0 Å². The van der Waals surface area contributed by atoms with Gasteiger partial charge in [0.05, 0.1) is 0 Å². The van der Waals surface area contributed by atoms with Crippen molar-refractivity contribution in [1.29, 1.82) is 0 Å². The molecular formula is C10H11FN2. The summed E-state index contributed by atoms with van der Waals surface area (Å²) >= 11 is 0. The lowest BCUT2D eigenvalue weighted by molar-refractivity contribution is 0.343. The van der Waals surface area contributed by atoms with Crippen LogP contribution in [0.1, 0.15) is 5.56 Å². The fourth-order valence-electron chi connectivity index (χ4n) is 1.51. The largest absolute Gasteiger partial charge is 0.361 e. The number of rotatable bonds is 2. The summed E-state index contributed by atoms with van der Waals surface area (Å²) in [5.41, 5.74) is 7.06. The van der Waals surface area contributed by atoms with E-state index in [9.17, 15) is 4.39 Å². The maximum Gasteiger partial charge on any atom is 0.152 e. The molecule has 2 aromatic rings. The van der Waals surface area contributed by atoms with Crippen LogP contribution in [-0.4, -0.2) is 11.3 Å². The molecule has 2 rings (SSSR count). The highest BCUT2D eigenvalue weighted by Crippen LogP contribution is 2.18. The molecule has 1 unspecified atom stereocenters. The van der Waals surface area contributed by atoms with Crippen molar-refractivity contribution in [3.05, 3.63) is 36.0 Å². The van der Waals surface area contributed by atoms with Crippen LogP contribution in [0.5, 0.6) is 0 Å². The third-order valence-corrected chi connectivity index (χ3v) is 2.09. The quantitative estimate of drug-likeness (QED) is 0.678. The SMILES string of the molecule is NC(F)Cc1c[nH]c2ccccc12. The van der Waals surface area contributed by atoms with E-state index in [0.717, 1.165) is 16.5 Å². The second-order valence-electron chi connectivity index (χ2n) is 3.08. The van der Waals surface area contributed by atoms with E-state index in [0.29, 0.717) is 0 Å². The molecule has 0 aliphatic heterocycles. The van der Waals surface area contributed by atoms with Crippen LogP contribution in [0, 0.1) is 0 Å². The number of aromatic amines is 1. The van der Waals surface area contributed by atoms with Crippen LogP contribution < -0.4 is 5.73 Å². The maximum atomic E-state index is 12.6. The molecule has 1 atom stereocenters. The monoisotopic (exact) mass is 178 g/mol. The van der Waals surface area contributed by atoms with E-state index in [2.05, 4.69) is 4.98 Å². The summed E-state index contributed by atoms with van der Waals surface area (Å²) in [7, 11) is 0. The number of hydrogen-bond acceptors (Lipinski definition) is 1. The summed E-state index contributed by atoms with van der Waals surface area (Å²) in [5, 5.41) is 1.05. The molecule has 2 nitrogen and oxygen atoms in total. The summed E-state index contributed by atoms with van der Waals surface area (Å²) < 4.78 is 12.6. The van der Waals surface area contributed by atoms with Crippen LogP contribution in [0.4, 0.5) is 4.39 Å². The van der Waals surface area contributed by atoms with Crippen molar-refractivity contribution in [2.45, 2.75) is 12.7 Å². The van der Waals surface area contributed by atoms with E-state index in [4.69, 9.17) is 5.73 Å².